The molecule has 1 N–H and O–H groups in total. The lowest BCUT2D eigenvalue weighted by atomic mass is 10.1. The molecule has 1 aromatic heterocycles. The van der Waals surface area contributed by atoms with Crippen LogP contribution in [0.4, 0.5) is 16.0 Å². The second-order valence-electron chi connectivity index (χ2n) is 8.39. The van der Waals surface area contributed by atoms with Crippen molar-refractivity contribution in [3.05, 3.63) is 47.4 Å². The molecule has 0 radical (unpaired) electrons. The number of likely N-dealkylation sites (N-methyl/N-ethyl adjacent to an activating group) is 1. The molecule has 0 saturated carbocycles. The van der Waals surface area contributed by atoms with Crippen LogP contribution >= 0.6 is 11.6 Å². The number of rotatable bonds is 7. The Balaban J connectivity index is 1.52. The summed E-state index contributed by atoms with van der Waals surface area (Å²) in [5.41, 5.74) is 0.805. The zero-order valence-corrected chi connectivity index (χ0v) is 20.1. The summed E-state index contributed by atoms with van der Waals surface area (Å²) in [4.78, 5) is 24.6. The van der Waals surface area contributed by atoms with Crippen LogP contribution in [0.2, 0.25) is 5.02 Å². The second kappa shape index (κ2) is 10.4. The number of methoxy groups -OCH3 is 1. The van der Waals surface area contributed by atoms with Crippen LogP contribution in [0.25, 0.3) is 10.9 Å². The van der Waals surface area contributed by atoms with Gasteiger partial charge < -0.3 is 19.7 Å². The molecular weight excluding hydrogens is 461 g/mol. The third-order valence-electron chi connectivity index (χ3n) is 5.68. The number of amides is 1. The topological polar surface area (TPSA) is 79.8 Å². The number of fused-ring (bicyclic) bond motifs is 1. The Labute approximate surface area is 202 Å². The summed E-state index contributed by atoms with van der Waals surface area (Å²) in [6, 6.07) is 8.28. The first-order valence-electron chi connectivity index (χ1n) is 11.0. The fourth-order valence-corrected chi connectivity index (χ4v) is 4.01. The van der Waals surface area contributed by atoms with E-state index in [-0.39, 0.29) is 28.7 Å². The molecule has 2 heterocycles. The van der Waals surface area contributed by atoms with E-state index in [1.165, 1.54) is 6.07 Å². The van der Waals surface area contributed by atoms with Crippen molar-refractivity contribution < 1.29 is 18.7 Å². The number of hydrogen-bond acceptors (Lipinski definition) is 7. The van der Waals surface area contributed by atoms with Gasteiger partial charge in [0.2, 0.25) is 11.9 Å². The number of aromatic nitrogens is 2. The Morgan fingerprint density at radius 1 is 1.32 bits per heavy atom. The number of carbonyl (C=O) groups is 1. The lowest BCUT2D eigenvalue weighted by Crippen LogP contribution is -2.45. The molecule has 1 atom stereocenters. The van der Waals surface area contributed by atoms with Crippen LogP contribution in [0.15, 0.2) is 36.5 Å². The van der Waals surface area contributed by atoms with Crippen LogP contribution in [0, 0.1) is 5.82 Å². The lowest BCUT2D eigenvalue weighted by Gasteiger charge is -2.33. The van der Waals surface area contributed by atoms with E-state index in [1.807, 2.05) is 6.07 Å². The van der Waals surface area contributed by atoms with Crippen LogP contribution < -0.4 is 14.8 Å². The molecule has 1 aliphatic heterocycles. The molecule has 1 unspecified atom stereocenters. The largest absolute Gasteiger partial charge is 0.493 e. The van der Waals surface area contributed by atoms with Gasteiger partial charge in [0.15, 0.2) is 17.3 Å². The molecule has 10 heteroatoms. The highest BCUT2D eigenvalue weighted by molar-refractivity contribution is 6.31. The maximum Gasteiger partial charge on any atom is 0.236 e. The van der Waals surface area contributed by atoms with E-state index >= 15 is 0 Å². The molecule has 1 amide bonds. The highest BCUT2D eigenvalue weighted by atomic mass is 35.5. The quantitative estimate of drug-likeness (QED) is 0.537. The summed E-state index contributed by atoms with van der Waals surface area (Å²) >= 11 is 5.85. The number of ether oxygens (including phenoxy) is 2. The third-order valence-corrected chi connectivity index (χ3v) is 5.97. The summed E-state index contributed by atoms with van der Waals surface area (Å²) < 4.78 is 26.1. The predicted molar refractivity (Wildman–Crippen MR) is 130 cm³/mol. The molecule has 1 fully saturated rings. The minimum Gasteiger partial charge on any atom is -0.493 e. The number of piperidine rings is 1. The molecule has 1 saturated heterocycles. The summed E-state index contributed by atoms with van der Waals surface area (Å²) in [7, 11) is 5.09. The molecule has 180 valence electrons. The normalized spacial score (nSPS) is 16.3. The van der Waals surface area contributed by atoms with E-state index in [0.717, 1.165) is 24.8 Å². The van der Waals surface area contributed by atoms with Gasteiger partial charge in [-0.25, -0.2) is 14.4 Å². The summed E-state index contributed by atoms with van der Waals surface area (Å²) in [6.07, 6.45) is 3.41. The third kappa shape index (κ3) is 5.48. The minimum absolute atomic E-state index is 0.0154. The number of carbonyl (C=O) groups excluding carboxylic acids is 1. The van der Waals surface area contributed by atoms with Crippen LogP contribution in [0.1, 0.15) is 12.8 Å². The van der Waals surface area contributed by atoms with Crippen molar-refractivity contribution in [2.24, 2.45) is 0 Å². The first-order valence-corrected chi connectivity index (χ1v) is 11.4. The molecule has 8 nitrogen and oxygen atoms in total. The van der Waals surface area contributed by atoms with Gasteiger partial charge in [-0.2, -0.15) is 0 Å². The zero-order chi connectivity index (χ0) is 24.2. The Bertz CT molecular complexity index is 1190. The molecule has 2 aromatic carbocycles. The molecular formula is C24H27ClFN5O3. The molecule has 1 aliphatic rings. The standard InChI is InChI=1S/C24H27ClFN5O3/c1-30(2)22(32)14-31-9-5-6-16(13-31)34-21-10-15-12-27-24(29-19(15)11-20(21)33-3)28-18-8-4-7-17(25)23(18)26/h4,7-8,10-12,16H,5-6,9,13-14H2,1-3H3,(H,27,28,29). The average Bonchev–Trinajstić information content (AvgIpc) is 2.82. The summed E-state index contributed by atoms with van der Waals surface area (Å²) in [6.45, 7) is 1.90. The van der Waals surface area contributed by atoms with Gasteiger partial charge in [-0.15, -0.1) is 0 Å². The first kappa shape index (κ1) is 24.0. The molecule has 0 spiro atoms. The van der Waals surface area contributed by atoms with Crippen LogP contribution in [0.3, 0.4) is 0 Å². The molecule has 4 rings (SSSR count). The highest BCUT2D eigenvalue weighted by Gasteiger charge is 2.24. The van der Waals surface area contributed by atoms with Crippen molar-refractivity contribution in [1.29, 1.82) is 0 Å². The zero-order valence-electron chi connectivity index (χ0n) is 19.3. The number of likely N-dealkylation sites (tertiary alicyclic amines) is 1. The van der Waals surface area contributed by atoms with Crippen molar-refractivity contribution in [3.63, 3.8) is 0 Å². The number of hydrogen-bond donors (Lipinski definition) is 1. The van der Waals surface area contributed by atoms with Gasteiger partial charge in [-0.05, 0) is 37.6 Å². The van der Waals surface area contributed by atoms with E-state index in [9.17, 15) is 9.18 Å². The fourth-order valence-electron chi connectivity index (χ4n) is 3.84. The smallest absolute Gasteiger partial charge is 0.236 e. The average molecular weight is 488 g/mol. The molecule has 0 bridgehead atoms. The molecule has 34 heavy (non-hydrogen) atoms. The van der Waals surface area contributed by atoms with Gasteiger partial charge >= 0.3 is 0 Å². The van der Waals surface area contributed by atoms with E-state index in [2.05, 4.69) is 20.2 Å². The van der Waals surface area contributed by atoms with Crippen LogP contribution in [-0.4, -0.2) is 72.6 Å². The minimum atomic E-state index is -0.567. The Morgan fingerprint density at radius 2 is 2.15 bits per heavy atom. The monoisotopic (exact) mass is 487 g/mol. The number of anilines is 2. The van der Waals surface area contributed by atoms with Gasteiger partial charge in [-0.3, -0.25) is 9.69 Å². The summed E-state index contributed by atoms with van der Waals surface area (Å²) in [5, 5.41) is 3.63. The van der Waals surface area contributed by atoms with Crippen molar-refractivity contribution >= 4 is 40.0 Å². The Hall–Kier alpha value is -3.17. The lowest BCUT2D eigenvalue weighted by molar-refractivity contribution is -0.130. The molecule has 0 aliphatic carbocycles. The number of nitrogens with one attached hydrogen (secondary N) is 1. The van der Waals surface area contributed by atoms with E-state index < -0.39 is 5.82 Å². The van der Waals surface area contributed by atoms with Crippen molar-refractivity contribution in [2.45, 2.75) is 18.9 Å². The van der Waals surface area contributed by atoms with Gasteiger partial charge in [0, 0.05) is 38.3 Å². The number of benzene rings is 2. The van der Waals surface area contributed by atoms with Crippen molar-refractivity contribution in [1.82, 2.24) is 19.8 Å². The van der Waals surface area contributed by atoms with Crippen molar-refractivity contribution in [3.8, 4) is 11.5 Å². The van der Waals surface area contributed by atoms with Crippen LogP contribution in [0.5, 0.6) is 11.5 Å². The van der Waals surface area contributed by atoms with Crippen LogP contribution in [-0.2, 0) is 4.79 Å². The van der Waals surface area contributed by atoms with Gasteiger partial charge in [0.1, 0.15) is 6.10 Å². The predicted octanol–water partition coefficient (Wildman–Crippen LogP) is 4.11. The van der Waals surface area contributed by atoms with E-state index in [1.54, 1.807) is 50.5 Å². The fraction of sp³-hybridized carbons (Fsp3) is 0.375. The highest BCUT2D eigenvalue weighted by Crippen LogP contribution is 2.34. The van der Waals surface area contributed by atoms with Gasteiger partial charge in [0.05, 0.1) is 29.9 Å². The van der Waals surface area contributed by atoms with Gasteiger partial charge in [-0.1, -0.05) is 17.7 Å². The number of halogens is 2. The maximum atomic E-state index is 14.2. The Morgan fingerprint density at radius 3 is 2.91 bits per heavy atom. The van der Waals surface area contributed by atoms with Crippen molar-refractivity contribution in [2.75, 3.05) is 46.2 Å². The Kier molecular flexibility index (Phi) is 7.33. The number of nitrogens with zero attached hydrogens (tertiary/aromatic N) is 4. The van der Waals surface area contributed by atoms with E-state index in [4.69, 9.17) is 21.1 Å². The van der Waals surface area contributed by atoms with Gasteiger partial charge in [0.25, 0.3) is 0 Å². The summed E-state index contributed by atoms with van der Waals surface area (Å²) in [5.74, 6) is 0.864. The maximum absolute atomic E-state index is 14.2. The second-order valence-corrected chi connectivity index (χ2v) is 8.79. The first-order chi connectivity index (χ1) is 16.3. The SMILES string of the molecule is COc1cc2nc(Nc3cccc(Cl)c3F)ncc2cc1OC1CCCN(CC(=O)N(C)C)C1. The van der Waals surface area contributed by atoms with E-state index in [0.29, 0.717) is 30.1 Å². The molecule has 3 aromatic rings.